The molecule has 2 aromatic carbocycles. The molecule has 0 spiro atoms. The summed E-state index contributed by atoms with van der Waals surface area (Å²) in [4.78, 5) is 40.6. The van der Waals surface area contributed by atoms with Crippen LogP contribution in [0.25, 0.3) is 0 Å². The number of anilines is 1. The van der Waals surface area contributed by atoms with Gasteiger partial charge in [-0.1, -0.05) is 68.5 Å². The van der Waals surface area contributed by atoms with Gasteiger partial charge < -0.3 is 20.3 Å². The minimum atomic E-state index is -0.751. The molecule has 2 N–H and O–H groups in total. The molecule has 0 unspecified atom stereocenters. The number of nitrogens with one attached hydrogen (secondary N) is 2. The maximum absolute atomic E-state index is 13.4. The van der Waals surface area contributed by atoms with Gasteiger partial charge in [0, 0.05) is 24.4 Å². The van der Waals surface area contributed by atoms with E-state index >= 15 is 0 Å². The average molecular weight is 520 g/mol. The summed E-state index contributed by atoms with van der Waals surface area (Å²) in [5.41, 5.74) is 2.57. The Balaban J connectivity index is 1.73. The molecule has 0 aromatic heterocycles. The van der Waals surface area contributed by atoms with Crippen molar-refractivity contribution in [1.82, 2.24) is 10.6 Å². The van der Waals surface area contributed by atoms with Gasteiger partial charge >= 0.3 is 6.09 Å². The molecule has 0 bridgehead atoms. The van der Waals surface area contributed by atoms with Gasteiger partial charge in [-0.2, -0.15) is 0 Å². The fourth-order valence-corrected chi connectivity index (χ4v) is 4.48. The molecule has 1 aliphatic heterocycles. The normalized spacial score (nSPS) is 14.7. The van der Waals surface area contributed by atoms with Crippen molar-refractivity contribution in [2.24, 2.45) is 5.92 Å². The first-order chi connectivity index (χ1) is 18.0. The number of amides is 3. The number of hydrogen-bond acceptors (Lipinski definition) is 4. The summed E-state index contributed by atoms with van der Waals surface area (Å²) in [6.45, 7) is 9.98. The van der Waals surface area contributed by atoms with E-state index in [2.05, 4.69) is 10.6 Å². The van der Waals surface area contributed by atoms with Gasteiger partial charge in [0.2, 0.25) is 5.91 Å². The van der Waals surface area contributed by atoms with Crippen LogP contribution in [-0.4, -0.2) is 42.1 Å². The molecule has 0 saturated carbocycles. The Kier molecular flexibility index (Phi) is 10.1. The molecule has 1 aliphatic rings. The summed E-state index contributed by atoms with van der Waals surface area (Å²) in [5.74, 6) is -0.235. The number of fused-ring (bicyclic) bond motifs is 1. The highest BCUT2D eigenvalue weighted by Crippen LogP contribution is 2.27. The third-order valence-corrected chi connectivity index (χ3v) is 6.25. The molecule has 0 fully saturated rings. The van der Waals surface area contributed by atoms with E-state index in [-0.39, 0.29) is 23.8 Å². The molecule has 7 nitrogen and oxygen atoms in total. The third-order valence-electron chi connectivity index (χ3n) is 6.25. The summed E-state index contributed by atoms with van der Waals surface area (Å²) in [7, 11) is 0. The van der Waals surface area contributed by atoms with Gasteiger partial charge in [-0.3, -0.25) is 9.59 Å². The zero-order valence-corrected chi connectivity index (χ0v) is 23.2. The van der Waals surface area contributed by atoms with Crippen LogP contribution in [0.15, 0.2) is 66.7 Å². The Morgan fingerprint density at radius 1 is 1.00 bits per heavy atom. The van der Waals surface area contributed by atoms with Crippen LogP contribution >= 0.6 is 0 Å². The molecular weight excluding hydrogens is 478 g/mol. The third kappa shape index (κ3) is 9.05. The predicted octanol–water partition coefficient (Wildman–Crippen LogP) is 5.19. The van der Waals surface area contributed by atoms with Crippen molar-refractivity contribution in [3.8, 4) is 0 Å². The smallest absolute Gasteiger partial charge is 0.408 e. The Morgan fingerprint density at radius 3 is 2.37 bits per heavy atom. The van der Waals surface area contributed by atoms with Crippen LogP contribution < -0.4 is 15.5 Å². The van der Waals surface area contributed by atoms with E-state index in [4.69, 9.17) is 4.74 Å². The van der Waals surface area contributed by atoms with Crippen LogP contribution in [0.4, 0.5) is 10.5 Å². The molecule has 0 aliphatic carbocycles. The van der Waals surface area contributed by atoms with Crippen LogP contribution in [0, 0.1) is 5.92 Å². The zero-order valence-electron chi connectivity index (χ0n) is 23.2. The molecule has 7 heteroatoms. The van der Waals surface area contributed by atoms with Crippen molar-refractivity contribution in [2.45, 2.75) is 78.0 Å². The lowest BCUT2D eigenvalue weighted by Gasteiger charge is -2.25. The predicted molar refractivity (Wildman–Crippen MR) is 151 cm³/mol. The van der Waals surface area contributed by atoms with E-state index < -0.39 is 17.7 Å². The highest BCUT2D eigenvalue weighted by atomic mass is 16.6. The molecule has 38 heavy (non-hydrogen) atoms. The molecule has 3 amide bonds. The van der Waals surface area contributed by atoms with Crippen molar-refractivity contribution < 1.29 is 19.1 Å². The molecule has 2 atom stereocenters. The van der Waals surface area contributed by atoms with E-state index in [1.165, 1.54) is 0 Å². The first-order valence-electron chi connectivity index (χ1n) is 13.4. The van der Waals surface area contributed by atoms with Crippen LogP contribution in [0.5, 0.6) is 0 Å². The topological polar surface area (TPSA) is 87.7 Å². The zero-order chi connectivity index (χ0) is 27.7. The summed E-state index contributed by atoms with van der Waals surface area (Å²) in [5, 5.41) is 5.79. The van der Waals surface area contributed by atoms with Crippen molar-refractivity contribution in [3.05, 3.63) is 77.9 Å². The minimum Gasteiger partial charge on any atom is -0.444 e. The minimum absolute atomic E-state index is 0.112. The van der Waals surface area contributed by atoms with Gasteiger partial charge in [0.1, 0.15) is 11.6 Å². The highest BCUT2D eigenvalue weighted by molar-refractivity contribution is 6.03. The van der Waals surface area contributed by atoms with E-state index in [0.29, 0.717) is 19.4 Å². The first-order valence-corrected chi connectivity index (χ1v) is 13.4. The molecular formula is C31H41N3O4. The Bertz CT molecular complexity index is 1120. The van der Waals surface area contributed by atoms with Crippen LogP contribution in [0.1, 0.15) is 58.6 Å². The van der Waals surface area contributed by atoms with Gasteiger partial charge in [0.05, 0.1) is 0 Å². The van der Waals surface area contributed by atoms with Gasteiger partial charge in [0.15, 0.2) is 0 Å². The number of rotatable bonds is 10. The van der Waals surface area contributed by atoms with Crippen molar-refractivity contribution in [1.29, 1.82) is 0 Å². The molecule has 0 saturated heterocycles. The van der Waals surface area contributed by atoms with Crippen molar-refractivity contribution in [3.63, 3.8) is 0 Å². The number of aryl methyl sites for hydroxylation is 1. The fraction of sp³-hybridized carbons (Fsp3) is 0.452. The highest BCUT2D eigenvalue weighted by Gasteiger charge is 2.27. The fourth-order valence-electron chi connectivity index (χ4n) is 4.48. The largest absolute Gasteiger partial charge is 0.444 e. The van der Waals surface area contributed by atoms with E-state index in [0.717, 1.165) is 29.7 Å². The summed E-state index contributed by atoms with van der Waals surface area (Å²) >= 11 is 0. The number of benzene rings is 2. The van der Waals surface area contributed by atoms with Gasteiger partial charge in [-0.15, -0.1) is 0 Å². The summed E-state index contributed by atoms with van der Waals surface area (Å²) in [6, 6.07) is 16.8. The Labute approximate surface area is 226 Å². The summed E-state index contributed by atoms with van der Waals surface area (Å²) < 4.78 is 5.38. The number of para-hydroxylation sites is 1. The molecule has 204 valence electrons. The van der Waals surface area contributed by atoms with Crippen molar-refractivity contribution >= 4 is 23.6 Å². The molecule has 3 rings (SSSR count). The standard InChI is InChI=1S/C31H41N3O4/c1-22(2)21-26(33-30(37)38-31(3,4)5)29(36)32-25(16-15-23-11-7-6-8-12-23)17-18-28(35)34-20-19-24-13-9-10-14-27(24)34/h6-14,17-18,22,25-26H,15-16,19-21H2,1-5H3,(H,32,36)(H,33,37)/t25-,26-/m0/s1. The van der Waals surface area contributed by atoms with Gasteiger partial charge in [-0.05, 0) is 69.6 Å². The van der Waals surface area contributed by atoms with Crippen molar-refractivity contribution in [2.75, 3.05) is 11.4 Å². The maximum Gasteiger partial charge on any atom is 0.408 e. The molecule has 1 heterocycles. The second-order valence-electron chi connectivity index (χ2n) is 11.2. The number of nitrogens with zero attached hydrogens (tertiary/aromatic N) is 1. The number of hydrogen-bond donors (Lipinski definition) is 2. The second-order valence-corrected chi connectivity index (χ2v) is 11.2. The summed E-state index contributed by atoms with van der Waals surface area (Å²) in [6.07, 6.45) is 5.32. The SMILES string of the molecule is CC(C)C[C@H](NC(=O)OC(C)(C)C)C(=O)N[C@H](C=CC(=O)N1CCc2ccccc21)CCc1ccccc1. The van der Waals surface area contributed by atoms with Crippen LogP contribution in [0.3, 0.4) is 0 Å². The number of alkyl carbamates (subject to hydrolysis) is 1. The maximum atomic E-state index is 13.4. The quantitative estimate of drug-likeness (QED) is 0.423. The number of carbonyl (C=O) groups excluding carboxylic acids is 3. The number of ether oxygens (including phenoxy) is 1. The van der Waals surface area contributed by atoms with E-state index in [9.17, 15) is 14.4 Å². The first kappa shape index (κ1) is 29.0. The second kappa shape index (κ2) is 13.3. The lowest BCUT2D eigenvalue weighted by Crippen LogP contribution is -2.51. The molecule has 0 radical (unpaired) electrons. The lowest BCUT2D eigenvalue weighted by molar-refractivity contribution is -0.124. The van der Waals surface area contributed by atoms with E-state index in [1.807, 2.05) is 68.4 Å². The van der Waals surface area contributed by atoms with Crippen LogP contribution in [-0.2, 0) is 27.2 Å². The van der Waals surface area contributed by atoms with Crippen LogP contribution in [0.2, 0.25) is 0 Å². The molecule has 2 aromatic rings. The Morgan fingerprint density at radius 2 is 1.68 bits per heavy atom. The number of carbonyl (C=O) groups is 3. The monoisotopic (exact) mass is 519 g/mol. The Hall–Kier alpha value is -3.61. The lowest BCUT2D eigenvalue weighted by atomic mass is 10.0. The van der Waals surface area contributed by atoms with Gasteiger partial charge in [-0.25, -0.2) is 4.79 Å². The van der Waals surface area contributed by atoms with E-state index in [1.54, 1.807) is 37.8 Å². The van der Waals surface area contributed by atoms with Gasteiger partial charge in [0.25, 0.3) is 5.91 Å². The average Bonchev–Trinajstić information content (AvgIpc) is 3.28.